The summed E-state index contributed by atoms with van der Waals surface area (Å²) < 4.78 is 15.9. The summed E-state index contributed by atoms with van der Waals surface area (Å²) in [5.74, 6) is 0.541. The van der Waals surface area contributed by atoms with Crippen molar-refractivity contribution in [1.29, 1.82) is 0 Å². The molecule has 26 heavy (non-hydrogen) atoms. The molecule has 0 saturated heterocycles. The van der Waals surface area contributed by atoms with Crippen LogP contribution in [0.3, 0.4) is 0 Å². The fraction of sp³-hybridized carbons (Fsp3) is 0.368. The van der Waals surface area contributed by atoms with Gasteiger partial charge in [0.1, 0.15) is 4.88 Å². The van der Waals surface area contributed by atoms with Crippen molar-refractivity contribution in [3.05, 3.63) is 45.1 Å². The van der Waals surface area contributed by atoms with E-state index in [2.05, 4.69) is 5.32 Å². The van der Waals surface area contributed by atoms with E-state index in [1.807, 2.05) is 32.0 Å². The molecule has 1 amide bonds. The average molecular weight is 375 g/mol. The van der Waals surface area contributed by atoms with Gasteiger partial charge in [-0.15, -0.1) is 11.3 Å². The number of nitrogens with one attached hydrogen (secondary N) is 1. The van der Waals surface area contributed by atoms with Crippen LogP contribution in [0.25, 0.3) is 0 Å². The minimum atomic E-state index is -0.871. The molecule has 0 fully saturated rings. The summed E-state index contributed by atoms with van der Waals surface area (Å²) in [6.45, 7) is 6.10. The van der Waals surface area contributed by atoms with Gasteiger partial charge in [0.15, 0.2) is 17.6 Å². The van der Waals surface area contributed by atoms with Crippen LogP contribution in [-0.4, -0.2) is 24.8 Å². The van der Waals surface area contributed by atoms with Gasteiger partial charge in [0.2, 0.25) is 6.79 Å². The summed E-state index contributed by atoms with van der Waals surface area (Å²) >= 11 is 1.39. The van der Waals surface area contributed by atoms with E-state index >= 15 is 0 Å². The Morgan fingerprint density at radius 2 is 2.04 bits per heavy atom. The number of esters is 1. The first kappa shape index (κ1) is 18.3. The Hall–Kier alpha value is -2.54. The number of aryl methyl sites for hydroxylation is 2. The molecule has 0 bridgehead atoms. The van der Waals surface area contributed by atoms with Crippen LogP contribution in [0.4, 0.5) is 0 Å². The molecule has 1 aliphatic rings. The number of thiophene rings is 1. The predicted molar refractivity (Wildman–Crippen MR) is 97.7 cm³/mol. The van der Waals surface area contributed by atoms with E-state index < -0.39 is 12.1 Å². The number of ether oxygens (including phenoxy) is 3. The third kappa shape index (κ3) is 3.99. The molecule has 0 unspecified atom stereocenters. The van der Waals surface area contributed by atoms with E-state index in [1.54, 1.807) is 13.0 Å². The minimum Gasteiger partial charge on any atom is -0.454 e. The standard InChI is InChI=1S/C19H21NO5S/c1-4-14-8-17(26-12(14)3)19(22)25-11(2)18(21)20-9-13-5-6-15-16(7-13)24-10-23-15/h5-8,11H,4,9-10H2,1-3H3,(H,20,21)/t11-/m1/s1. The number of rotatable bonds is 6. The molecule has 138 valence electrons. The number of carbonyl (C=O) groups is 2. The topological polar surface area (TPSA) is 73.9 Å². The van der Waals surface area contributed by atoms with E-state index in [9.17, 15) is 9.59 Å². The molecular formula is C19H21NO5S. The molecular weight excluding hydrogens is 354 g/mol. The zero-order chi connectivity index (χ0) is 18.7. The second-order valence-corrected chi connectivity index (χ2v) is 7.25. The van der Waals surface area contributed by atoms with Gasteiger partial charge < -0.3 is 19.5 Å². The van der Waals surface area contributed by atoms with Crippen molar-refractivity contribution in [3.8, 4) is 11.5 Å². The highest BCUT2D eigenvalue weighted by molar-refractivity contribution is 7.14. The first-order valence-corrected chi connectivity index (χ1v) is 9.26. The number of amides is 1. The maximum Gasteiger partial charge on any atom is 0.349 e. The van der Waals surface area contributed by atoms with E-state index in [1.165, 1.54) is 11.3 Å². The largest absolute Gasteiger partial charge is 0.454 e. The first-order chi connectivity index (χ1) is 12.5. The number of hydrogen-bond acceptors (Lipinski definition) is 6. The van der Waals surface area contributed by atoms with Crippen LogP contribution < -0.4 is 14.8 Å². The van der Waals surface area contributed by atoms with Crippen LogP contribution in [0.2, 0.25) is 0 Å². The SMILES string of the molecule is CCc1cc(C(=O)O[C@H](C)C(=O)NCc2ccc3c(c2)OCO3)sc1C. The molecule has 1 aliphatic heterocycles. The lowest BCUT2D eigenvalue weighted by Crippen LogP contribution is -2.35. The maximum atomic E-state index is 12.2. The van der Waals surface area contributed by atoms with Crippen LogP contribution in [0.1, 0.15) is 39.5 Å². The van der Waals surface area contributed by atoms with E-state index in [0.29, 0.717) is 22.9 Å². The normalized spacial score (nSPS) is 13.3. The highest BCUT2D eigenvalue weighted by Crippen LogP contribution is 2.32. The Morgan fingerprint density at radius 3 is 2.77 bits per heavy atom. The van der Waals surface area contributed by atoms with Crippen molar-refractivity contribution < 1.29 is 23.8 Å². The zero-order valence-electron chi connectivity index (χ0n) is 15.0. The van der Waals surface area contributed by atoms with E-state index in [0.717, 1.165) is 22.4 Å². The summed E-state index contributed by atoms with van der Waals surface area (Å²) in [6.07, 6.45) is -0.00902. The van der Waals surface area contributed by atoms with Gasteiger partial charge in [-0.2, -0.15) is 0 Å². The predicted octanol–water partition coefficient (Wildman–Crippen LogP) is 3.21. The number of carbonyl (C=O) groups excluding carboxylic acids is 2. The monoisotopic (exact) mass is 375 g/mol. The lowest BCUT2D eigenvalue weighted by molar-refractivity contribution is -0.129. The van der Waals surface area contributed by atoms with Gasteiger partial charge in [0.05, 0.1) is 0 Å². The summed E-state index contributed by atoms with van der Waals surface area (Å²) in [5, 5.41) is 2.77. The molecule has 0 spiro atoms. The van der Waals surface area contributed by atoms with E-state index in [-0.39, 0.29) is 12.7 Å². The first-order valence-electron chi connectivity index (χ1n) is 8.44. The molecule has 0 radical (unpaired) electrons. The highest BCUT2D eigenvalue weighted by Gasteiger charge is 2.21. The van der Waals surface area contributed by atoms with Gasteiger partial charge in [0.25, 0.3) is 5.91 Å². The van der Waals surface area contributed by atoms with Crippen molar-refractivity contribution in [3.63, 3.8) is 0 Å². The lowest BCUT2D eigenvalue weighted by Gasteiger charge is -2.13. The molecule has 7 heteroatoms. The van der Waals surface area contributed by atoms with Gasteiger partial charge in [-0.3, -0.25) is 4.79 Å². The van der Waals surface area contributed by atoms with Crippen molar-refractivity contribution in [2.75, 3.05) is 6.79 Å². The molecule has 3 rings (SSSR count). The molecule has 0 saturated carbocycles. The van der Waals surface area contributed by atoms with Crippen LogP contribution >= 0.6 is 11.3 Å². The van der Waals surface area contributed by atoms with Crippen molar-refractivity contribution in [2.45, 2.75) is 39.8 Å². The summed E-state index contributed by atoms with van der Waals surface area (Å²) in [6, 6.07) is 7.31. The third-order valence-corrected chi connectivity index (χ3v) is 5.23. The molecule has 6 nitrogen and oxygen atoms in total. The summed E-state index contributed by atoms with van der Waals surface area (Å²) in [7, 11) is 0. The van der Waals surface area contributed by atoms with Crippen LogP contribution in [0.15, 0.2) is 24.3 Å². The molecule has 1 aromatic heterocycles. The van der Waals surface area contributed by atoms with Gasteiger partial charge in [-0.1, -0.05) is 13.0 Å². The Balaban J connectivity index is 1.53. The smallest absolute Gasteiger partial charge is 0.349 e. The number of fused-ring (bicyclic) bond motifs is 1. The van der Waals surface area contributed by atoms with Gasteiger partial charge in [-0.05, 0) is 49.6 Å². The Morgan fingerprint density at radius 1 is 1.27 bits per heavy atom. The van der Waals surface area contributed by atoms with Crippen molar-refractivity contribution in [2.24, 2.45) is 0 Å². The van der Waals surface area contributed by atoms with Crippen LogP contribution in [0.5, 0.6) is 11.5 Å². The fourth-order valence-corrected chi connectivity index (χ4v) is 3.62. The summed E-state index contributed by atoms with van der Waals surface area (Å²) in [4.78, 5) is 26.0. The Kier molecular flexibility index (Phi) is 5.46. The van der Waals surface area contributed by atoms with Gasteiger partial charge >= 0.3 is 5.97 Å². The van der Waals surface area contributed by atoms with Crippen molar-refractivity contribution in [1.82, 2.24) is 5.32 Å². The fourth-order valence-electron chi connectivity index (χ4n) is 2.63. The lowest BCUT2D eigenvalue weighted by atomic mass is 10.2. The Bertz CT molecular complexity index is 829. The summed E-state index contributed by atoms with van der Waals surface area (Å²) in [5.41, 5.74) is 2.00. The third-order valence-electron chi connectivity index (χ3n) is 4.16. The average Bonchev–Trinajstić information content (AvgIpc) is 3.24. The molecule has 1 aromatic carbocycles. The molecule has 0 aliphatic carbocycles. The zero-order valence-corrected chi connectivity index (χ0v) is 15.8. The minimum absolute atomic E-state index is 0.208. The molecule has 1 N–H and O–H groups in total. The van der Waals surface area contributed by atoms with Gasteiger partial charge in [0, 0.05) is 11.4 Å². The second-order valence-electron chi connectivity index (χ2n) is 6.00. The van der Waals surface area contributed by atoms with Crippen molar-refractivity contribution >= 4 is 23.2 Å². The van der Waals surface area contributed by atoms with Crippen LogP contribution in [-0.2, 0) is 22.5 Å². The second kappa shape index (κ2) is 7.78. The van der Waals surface area contributed by atoms with Crippen LogP contribution in [0, 0.1) is 6.92 Å². The van der Waals surface area contributed by atoms with Gasteiger partial charge in [-0.25, -0.2) is 4.79 Å². The van der Waals surface area contributed by atoms with E-state index in [4.69, 9.17) is 14.2 Å². The highest BCUT2D eigenvalue weighted by atomic mass is 32.1. The molecule has 2 heterocycles. The Labute approximate surface area is 156 Å². The molecule has 1 atom stereocenters. The number of benzene rings is 1. The maximum absolute atomic E-state index is 12.2. The molecule has 2 aromatic rings. The quantitative estimate of drug-likeness (QED) is 0.785. The number of hydrogen-bond donors (Lipinski definition) is 1.